The van der Waals surface area contributed by atoms with Gasteiger partial charge in [0.2, 0.25) is 0 Å². The number of ether oxygens (including phenoxy) is 1. The van der Waals surface area contributed by atoms with Crippen molar-refractivity contribution in [2.45, 2.75) is 33.4 Å². The molecule has 8 heteroatoms. The number of aryl methyl sites for hydroxylation is 2. The molecule has 1 fully saturated rings. The van der Waals surface area contributed by atoms with Crippen LogP contribution in [-0.4, -0.2) is 63.3 Å². The van der Waals surface area contributed by atoms with Crippen LogP contribution in [0.5, 0.6) is 5.75 Å². The lowest BCUT2D eigenvalue weighted by Crippen LogP contribution is -2.50. The molecule has 0 unspecified atom stereocenters. The number of aromatic nitrogens is 2. The van der Waals surface area contributed by atoms with Crippen molar-refractivity contribution >= 4 is 6.09 Å². The first-order valence-electron chi connectivity index (χ1n) is 11.9. The Kier molecular flexibility index (Phi) is 7.51. The van der Waals surface area contributed by atoms with Crippen LogP contribution < -0.4 is 5.56 Å². The molecule has 184 valence electrons. The molecule has 4 rings (SSSR count). The molecule has 1 aromatic carbocycles. The van der Waals surface area contributed by atoms with Gasteiger partial charge in [0.05, 0.1) is 24.8 Å². The number of carbonyl (C=O) groups is 1. The number of benzene rings is 1. The van der Waals surface area contributed by atoms with Crippen molar-refractivity contribution in [3.8, 4) is 5.75 Å². The zero-order chi connectivity index (χ0) is 24.9. The summed E-state index contributed by atoms with van der Waals surface area (Å²) in [7, 11) is 0. The Morgan fingerprint density at radius 1 is 1.11 bits per heavy atom. The highest BCUT2D eigenvalue weighted by Gasteiger charge is 2.32. The lowest BCUT2D eigenvalue weighted by Gasteiger charge is -2.39. The number of hydrogen-bond donors (Lipinski definition) is 1. The average molecular weight is 477 g/mol. The van der Waals surface area contributed by atoms with Crippen LogP contribution in [0.4, 0.5) is 4.79 Å². The van der Waals surface area contributed by atoms with Crippen molar-refractivity contribution in [3.63, 3.8) is 0 Å². The molecule has 0 spiro atoms. The minimum absolute atomic E-state index is 0.0201. The van der Waals surface area contributed by atoms with E-state index in [9.17, 15) is 14.7 Å². The minimum Gasteiger partial charge on any atom is -0.507 e. The van der Waals surface area contributed by atoms with Crippen LogP contribution in [0.2, 0.25) is 0 Å². The van der Waals surface area contributed by atoms with Gasteiger partial charge in [0.25, 0.3) is 5.56 Å². The summed E-state index contributed by atoms with van der Waals surface area (Å²) in [6, 6.07) is 13.0. The highest BCUT2D eigenvalue weighted by molar-refractivity contribution is 5.67. The number of rotatable bonds is 6. The lowest BCUT2D eigenvalue weighted by molar-refractivity contribution is 0.0709. The zero-order valence-corrected chi connectivity index (χ0v) is 20.5. The van der Waals surface area contributed by atoms with E-state index in [-0.39, 0.29) is 17.4 Å². The standard InChI is InChI=1S/C27H32N4O4/c1-4-35-27(34)30-14-12-29(13-15-30)25(22-9-7-19(2)8-10-22)24-23(32)16-20(3)31(26(24)33)18-21-6-5-11-28-17-21/h5-11,16-17,25,32H,4,12-15,18H2,1-3H3/t25-/m1/s1. The number of piperazine rings is 1. The Hall–Kier alpha value is -3.65. The number of aromatic hydroxyl groups is 1. The van der Waals surface area contributed by atoms with Crippen molar-refractivity contribution in [3.05, 3.63) is 93.2 Å². The number of nitrogens with zero attached hydrogens (tertiary/aromatic N) is 4. The van der Waals surface area contributed by atoms with Crippen molar-refractivity contribution in [1.29, 1.82) is 0 Å². The summed E-state index contributed by atoms with van der Waals surface area (Å²) in [5.41, 5.74) is 3.72. The molecule has 3 aromatic rings. The molecule has 0 radical (unpaired) electrons. The Balaban J connectivity index is 1.74. The van der Waals surface area contributed by atoms with Gasteiger partial charge >= 0.3 is 6.09 Å². The molecule has 1 aliphatic rings. The summed E-state index contributed by atoms with van der Waals surface area (Å²) >= 11 is 0. The van der Waals surface area contributed by atoms with E-state index in [1.807, 2.05) is 50.2 Å². The quantitative estimate of drug-likeness (QED) is 0.586. The summed E-state index contributed by atoms with van der Waals surface area (Å²) in [5.74, 6) is -0.0201. The van der Waals surface area contributed by atoms with Crippen LogP contribution in [0.25, 0.3) is 0 Å². The molecule has 1 amide bonds. The third-order valence-electron chi connectivity index (χ3n) is 6.46. The molecule has 1 saturated heterocycles. The zero-order valence-electron chi connectivity index (χ0n) is 20.5. The molecule has 0 aliphatic carbocycles. The molecule has 0 bridgehead atoms. The molecule has 8 nitrogen and oxygen atoms in total. The first kappa shape index (κ1) is 24.5. The summed E-state index contributed by atoms with van der Waals surface area (Å²) in [6.07, 6.45) is 3.12. The Morgan fingerprint density at radius 2 is 1.83 bits per heavy atom. The van der Waals surface area contributed by atoms with Gasteiger partial charge in [0.15, 0.2) is 0 Å². The smallest absolute Gasteiger partial charge is 0.409 e. The third-order valence-corrected chi connectivity index (χ3v) is 6.46. The fourth-order valence-electron chi connectivity index (χ4n) is 4.58. The summed E-state index contributed by atoms with van der Waals surface area (Å²) in [4.78, 5) is 34.1. The summed E-state index contributed by atoms with van der Waals surface area (Å²) in [6.45, 7) is 8.39. The van der Waals surface area contributed by atoms with Crippen LogP contribution in [0.1, 0.15) is 40.9 Å². The van der Waals surface area contributed by atoms with E-state index in [2.05, 4.69) is 9.88 Å². The van der Waals surface area contributed by atoms with E-state index < -0.39 is 6.04 Å². The van der Waals surface area contributed by atoms with Crippen LogP contribution in [0.3, 0.4) is 0 Å². The van der Waals surface area contributed by atoms with Crippen molar-refractivity contribution in [2.24, 2.45) is 0 Å². The molecule has 35 heavy (non-hydrogen) atoms. The second-order valence-electron chi connectivity index (χ2n) is 8.87. The molecule has 2 aromatic heterocycles. The minimum atomic E-state index is -0.451. The van der Waals surface area contributed by atoms with E-state index in [0.717, 1.165) is 16.7 Å². The number of amides is 1. The van der Waals surface area contributed by atoms with Gasteiger partial charge in [-0.25, -0.2) is 4.79 Å². The summed E-state index contributed by atoms with van der Waals surface area (Å²) in [5, 5.41) is 11.1. The van der Waals surface area contributed by atoms with Crippen molar-refractivity contribution in [2.75, 3.05) is 32.8 Å². The van der Waals surface area contributed by atoms with E-state index in [0.29, 0.717) is 50.6 Å². The Bertz CT molecular complexity index is 1220. The van der Waals surface area contributed by atoms with Crippen molar-refractivity contribution in [1.82, 2.24) is 19.4 Å². The molecule has 1 N–H and O–H groups in total. The van der Waals surface area contributed by atoms with E-state index in [1.165, 1.54) is 0 Å². The highest BCUT2D eigenvalue weighted by atomic mass is 16.6. The number of hydrogen-bond acceptors (Lipinski definition) is 6. The maximum Gasteiger partial charge on any atom is 0.409 e. The lowest BCUT2D eigenvalue weighted by atomic mass is 9.95. The van der Waals surface area contributed by atoms with Gasteiger partial charge in [-0.15, -0.1) is 0 Å². The second kappa shape index (κ2) is 10.7. The molecule has 3 heterocycles. The highest BCUT2D eigenvalue weighted by Crippen LogP contribution is 2.33. The normalized spacial score (nSPS) is 15.1. The van der Waals surface area contributed by atoms with Crippen molar-refractivity contribution < 1.29 is 14.6 Å². The first-order chi connectivity index (χ1) is 16.9. The summed E-state index contributed by atoms with van der Waals surface area (Å²) < 4.78 is 6.84. The fraction of sp³-hybridized carbons (Fsp3) is 0.370. The topological polar surface area (TPSA) is 87.9 Å². The van der Waals surface area contributed by atoms with Gasteiger partial charge in [-0.2, -0.15) is 0 Å². The van der Waals surface area contributed by atoms with Crippen LogP contribution in [0, 0.1) is 13.8 Å². The SMILES string of the molecule is CCOC(=O)N1CCN([C@H](c2ccc(C)cc2)c2c(O)cc(C)n(Cc3cccnc3)c2=O)CC1. The van der Waals surface area contributed by atoms with Gasteiger partial charge in [0.1, 0.15) is 5.75 Å². The van der Waals surface area contributed by atoms with Crippen LogP contribution in [0.15, 0.2) is 59.7 Å². The molecule has 0 saturated carbocycles. The van der Waals surface area contributed by atoms with E-state index in [1.54, 1.807) is 34.9 Å². The second-order valence-corrected chi connectivity index (χ2v) is 8.87. The average Bonchev–Trinajstić information content (AvgIpc) is 2.86. The third kappa shape index (κ3) is 5.38. The Morgan fingerprint density at radius 3 is 2.46 bits per heavy atom. The van der Waals surface area contributed by atoms with E-state index >= 15 is 0 Å². The fourth-order valence-corrected chi connectivity index (χ4v) is 4.58. The predicted molar refractivity (Wildman–Crippen MR) is 134 cm³/mol. The van der Waals surface area contributed by atoms with Gasteiger partial charge < -0.3 is 19.3 Å². The predicted octanol–water partition coefficient (Wildman–Crippen LogP) is 3.48. The number of carbonyl (C=O) groups excluding carboxylic acids is 1. The van der Waals surface area contributed by atoms with Crippen LogP contribution >= 0.6 is 0 Å². The first-order valence-corrected chi connectivity index (χ1v) is 11.9. The monoisotopic (exact) mass is 476 g/mol. The van der Waals surface area contributed by atoms with Gasteiger partial charge in [-0.05, 0) is 44.0 Å². The maximum absolute atomic E-state index is 13.9. The molecule has 1 atom stereocenters. The van der Waals surface area contributed by atoms with Gasteiger partial charge in [-0.1, -0.05) is 35.9 Å². The number of pyridine rings is 2. The Labute approximate surface area is 205 Å². The van der Waals surface area contributed by atoms with Gasteiger partial charge in [-0.3, -0.25) is 14.7 Å². The molecular formula is C27H32N4O4. The molecular weight excluding hydrogens is 444 g/mol. The maximum atomic E-state index is 13.9. The van der Waals surface area contributed by atoms with Crippen LogP contribution in [-0.2, 0) is 11.3 Å². The van der Waals surface area contributed by atoms with Gasteiger partial charge in [0, 0.05) is 44.3 Å². The largest absolute Gasteiger partial charge is 0.507 e. The van der Waals surface area contributed by atoms with E-state index in [4.69, 9.17) is 4.74 Å². The molecule has 1 aliphatic heterocycles.